The molecule has 0 aromatic heterocycles. The van der Waals surface area contributed by atoms with Gasteiger partial charge in [0.05, 0.1) is 0 Å². The number of Topliss-reactive ketones (excluding diaryl/α,β-unsaturated/α-hetero) is 1. The molecule has 0 aromatic rings. The van der Waals surface area contributed by atoms with E-state index in [1.54, 1.807) is 0 Å². The summed E-state index contributed by atoms with van der Waals surface area (Å²) in [5.74, 6) is -0.292. The second-order valence-corrected chi connectivity index (χ2v) is 2.73. The summed E-state index contributed by atoms with van der Waals surface area (Å²) in [7, 11) is 0. The molecule has 1 fully saturated rings. The highest BCUT2D eigenvalue weighted by Gasteiger charge is 2.37. The molecule has 0 bridgehead atoms. The minimum Gasteiger partial charge on any atom is -0.296 e. The van der Waals surface area contributed by atoms with Crippen molar-refractivity contribution in [2.75, 3.05) is 0 Å². The van der Waals surface area contributed by atoms with Gasteiger partial charge < -0.3 is 0 Å². The summed E-state index contributed by atoms with van der Waals surface area (Å²) in [6.45, 7) is 5.34. The largest absolute Gasteiger partial charge is 0.296 e. The Morgan fingerprint density at radius 2 is 1.64 bits per heavy atom. The Morgan fingerprint density at radius 3 is 1.82 bits per heavy atom. The Morgan fingerprint density at radius 1 is 1.27 bits per heavy atom. The van der Waals surface area contributed by atoms with E-state index in [0.717, 1.165) is 12.8 Å². The minimum absolute atomic E-state index is 0.292. The maximum Gasteiger partial charge on any atom is 0.168 e. The first-order valence-electron chi connectivity index (χ1n) is 4.35. The van der Waals surface area contributed by atoms with Crippen LogP contribution in [0.15, 0.2) is 0 Å². The van der Waals surface area contributed by atoms with Crippen molar-refractivity contribution in [1.29, 1.82) is 0 Å². The van der Waals surface area contributed by atoms with E-state index in [1.807, 2.05) is 13.8 Å². The molecule has 0 atom stereocenters. The zero-order valence-corrected chi connectivity index (χ0v) is 7.61. The van der Waals surface area contributed by atoms with Gasteiger partial charge in [0.25, 0.3) is 0 Å². The first kappa shape index (κ1) is 10.6. The highest BCUT2D eigenvalue weighted by atomic mass is 19.1. The Hall–Kier alpha value is -0.400. The fraction of sp³-hybridized carbons (Fsp3) is 0.889. The van der Waals surface area contributed by atoms with Crippen LogP contribution < -0.4 is 0 Å². The summed E-state index contributed by atoms with van der Waals surface area (Å²) in [5.41, 5.74) is -1.44. The second kappa shape index (κ2) is 4.47. The zero-order chi connectivity index (χ0) is 8.91. The molecule has 1 aliphatic carbocycles. The predicted molar refractivity (Wildman–Crippen MR) is 44.3 cm³/mol. The van der Waals surface area contributed by atoms with Crippen LogP contribution in [0.1, 0.15) is 46.5 Å². The van der Waals surface area contributed by atoms with E-state index in [9.17, 15) is 9.18 Å². The van der Waals surface area contributed by atoms with E-state index >= 15 is 0 Å². The third kappa shape index (κ3) is 2.60. The van der Waals surface area contributed by atoms with Crippen LogP contribution in [0.3, 0.4) is 0 Å². The number of hydrogen-bond acceptors (Lipinski definition) is 1. The summed E-state index contributed by atoms with van der Waals surface area (Å²) >= 11 is 0. The van der Waals surface area contributed by atoms with Crippen LogP contribution in [-0.2, 0) is 4.79 Å². The van der Waals surface area contributed by atoms with Crippen LogP contribution >= 0.6 is 0 Å². The molecule has 66 valence electrons. The van der Waals surface area contributed by atoms with Crippen LogP contribution in [0, 0.1) is 0 Å². The van der Waals surface area contributed by atoms with Gasteiger partial charge in [-0.2, -0.15) is 0 Å². The van der Waals surface area contributed by atoms with Crippen LogP contribution in [0.5, 0.6) is 0 Å². The van der Waals surface area contributed by atoms with E-state index in [-0.39, 0.29) is 5.78 Å². The van der Waals surface area contributed by atoms with E-state index in [4.69, 9.17) is 0 Å². The SMILES string of the molecule is CC.CC(=O)C1(F)CCCC1. The van der Waals surface area contributed by atoms with Crippen molar-refractivity contribution in [2.24, 2.45) is 0 Å². The Labute approximate surface area is 68.0 Å². The molecule has 0 amide bonds. The number of rotatable bonds is 1. The fourth-order valence-electron chi connectivity index (χ4n) is 1.29. The number of hydrogen-bond donors (Lipinski definition) is 0. The molecule has 2 heteroatoms. The molecule has 0 saturated heterocycles. The van der Waals surface area contributed by atoms with Crippen molar-refractivity contribution in [3.8, 4) is 0 Å². The lowest BCUT2D eigenvalue weighted by atomic mass is 10.0. The van der Waals surface area contributed by atoms with Crippen molar-refractivity contribution < 1.29 is 9.18 Å². The van der Waals surface area contributed by atoms with Crippen LogP contribution in [-0.4, -0.2) is 11.5 Å². The number of carbonyl (C=O) groups is 1. The van der Waals surface area contributed by atoms with E-state index in [1.165, 1.54) is 6.92 Å². The van der Waals surface area contributed by atoms with Gasteiger partial charge in [0.15, 0.2) is 11.5 Å². The Kier molecular flexibility index (Phi) is 4.31. The van der Waals surface area contributed by atoms with Crippen molar-refractivity contribution in [3.05, 3.63) is 0 Å². The standard InChI is InChI=1S/C7H11FO.C2H6/c1-6(9)7(8)4-2-3-5-7;1-2/h2-5H2,1H3;1-2H3. The molecule has 11 heavy (non-hydrogen) atoms. The summed E-state index contributed by atoms with van der Waals surface area (Å²) in [6, 6.07) is 0. The lowest BCUT2D eigenvalue weighted by Gasteiger charge is -2.12. The average molecular weight is 160 g/mol. The molecular formula is C9H17FO. The molecule has 0 aliphatic heterocycles. The summed E-state index contributed by atoms with van der Waals surface area (Å²) in [5, 5.41) is 0. The van der Waals surface area contributed by atoms with Gasteiger partial charge in [-0.1, -0.05) is 13.8 Å². The number of halogens is 1. The van der Waals surface area contributed by atoms with Gasteiger partial charge in [0.2, 0.25) is 0 Å². The molecule has 1 nitrogen and oxygen atoms in total. The average Bonchev–Trinajstić information content (AvgIpc) is 2.42. The Balaban J connectivity index is 0.000000461. The first-order valence-corrected chi connectivity index (χ1v) is 4.35. The van der Waals surface area contributed by atoms with Gasteiger partial charge in [-0.3, -0.25) is 4.79 Å². The minimum atomic E-state index is -1.44. The molecule has 0 N–H and O–H groups in total. The van der Waals surface area contributed by atoms with Gasteiger partial charge in [0, 0.05) is 0 Å². The molecular weight excluding hydrogens is 143 g/mol. The molecule has 0 heterocycles. The van der Waals surface area contributed by atoms with E-state index < -0.39 is 5.67 Å². The maximum absolute atomic E-state index is 13.1. The molecule has 1 saturated carbocycles. The predicted octanol–water partition coefficient (Wildman–Crippen LogP) is 2.88. The van der Waals surface area contributed by atoms with Crippen molar-refractivity contribution >= 4 is 5.78 Å². The van der Waals surface area contributed by atoms with Crippen LogP contribution in [0.4, 0.5) is 4.39 Å². The molecule has 0 spiro atoms. The monoisotopic (exact) mass is 160 g/mol. The van der Waals surface area contributed by atoms with E-state index in [2.05, 4.69) is 0 Å². The number of alkyl halides is 1. The highest BCUT2D eigenvalue weighted by molar-refractivity contribution is 5.85. The first-order chi connectivity index (χ1) is 5.15. The summed E-state index contributed by atoms with van der Waals surface area (Å²) in [4.78, 5) is 10.6. The summed E-state index contributed by atoms with van der Waals surface area (Å²) < 4.78 is 13.1. The lowest BCUT2D eigenvalue weighted by molar-refractivity contribution is -0.127. The van der Waals surface area contributed by atoms with Gasteiger partial charge in [-0.25, -0.2) is 4.39 Å². The van der Waals surface area contributed by atoms with Crippen molar-refractivity contribution in [2.45, 2.75) is 52.1 Å². The van der Waals surface area contributed by atoms with Gasteiger partial charge in [-0.05, 0) is 32.6 Å². The second-order valence-electron chi connectivity index (χ2n) is 2.73. The van der Waals surface area contributed by atoms with Crippen molar-refractivity contribution in [3.63, 3.8) is 0 Å². The highest BCUT2D eigenvalue weighted by Crippen LogP contribution is 2.33. The smallest absolute Gasteiger partial charge is 0.168 e. The van der Waals surface area contributed by atoms with Gasteiger partial charge in [0.1, 0.15) is 0 Å². The third-order valence-corrected chi connectivity index (χ3v) is 2.03. The maximum atomic E-state index is 13.1. The third-order valence-electron chi connectivity index (χ3n) is 2.03. The number of ketones is 1. The lowest BCUT2D eigenvalue weighted by Crippen LogP contribution is -2.27. The van der Waals surface area contributed by atoms with Gasteiger partial charge >= 0.3 is 0 Å². The van der Waals surface area contributed by atoms with Crippen LogP contribution in [0.25, 0.3) is 0 Å². The van der Waals surface area contributed by atoms with Crippen LogP contribution in [0.2, 0.25) is 0 Å². The molecule has 1 aliphatic rings. The zero-order valence-electron chi connectivity index (χ0n) is 7.61. The number of carbonyl (C=O) groups excluding carboxylic acids is 1. The Bertz CT molecular complexity index is 126. The normalized spacial score (nSPS) is 20.4. The van der Waals surface area contributed by atoms with Gasteiger partial charge in [-0.15, -0.1) is 0 Å². The molecule has 1 rings (SSSR count). The van der Waals surface area contributed by atoms with E-state index in [0.29, 0.717) is 12.8 Å². The molecule has 0 radical (unpaired) electrons. The van der Waals surface area contributed by atoms with Crippen molar-refractivity contribution in [1.82, 2.24) is 0 Å². The fourth-order valence-corrected chi connectivity index (χ4v) is 1.29. The summed E-state index contributed by atoms with van der Waals surface area (Å²) in [6.07, 6.45) is 2.64. The molecule has 0 unspecified atom stereocenters. The quantitative estimate of drug-likeness (QED) is 0.576. The topological polar surface area (TPSA) is 17.1 Å². The molecule has 0 aromatic carbocycles.